The van der Waals surface area contributed by atoms with E-state index < -0.39 is 12.0 Å². The smallest absolute Gasteiger partial charge is 0.326 e. The maximum absolute atomic E-state index is 12.9. The van der Waals surface area contributed by atoms with Gasteiger partial charge in [0.1, 0.15) is 11.9 Å². The van der Waals surface area contributed by atoms with Gasteiger partial charge in [0, 0.05) is 11.7 Å². The molecule has 1 N–H and O–H groups in total. The lowest BCUT2D eigenvalue weighted by atomic mass is 9.98. The van der Waals surface area contributed by atoms with Gasteiger partial charge < -0.3 is 10.0 Å². The molecule has 1 aliphatic heterocycles. The fourth-order valence-electron chi connectivity index (χ4n) is 3.29. The second kappa shape index (κ2) is 3.72. The highest BCUT2D eigenvalue weighted by atomic mass is 19.1. The third kappa shape index (κ3) is 1.59. The molecule has 3 nitrogen and oxygen atoms in total. The van der Waals surface area contributed by atoms with Crippen LogP contribution in [0.4, 0.5) is 10.1 Å². The van der Waals surface area contributed by atoms with Gasteiger partial charge in [-0.05, 0) is 49.4 Å². The van der Waals surface area contributed by atoms with Crippen molar-refractivity contribution in [3.8, 4) is 0 Å². The Hall–Kier alpha value is -1.58. The van der Waals surface area contributed by atoms with Crippen molar-refractivity contribution >= 4 is 11.7 Å². The quantitative estimate of drug-likeness (QED) is 0.854. The summed E-state index contributed by atoms with van der Waals surface area (Å²) < 4.78 is 12.9. The minimum atomic E-state index is -0.762. The van der Waals surface area contributed by atoms with Gasteiger partial charge in [-0.25, -0.2) is 9.18 Å². The van der Waals surface area contributed by atoms with Crippen molar-refractivity contribution in [2.45, 2.75) is 31.3 Å². The number of benzene rings is 1. The molecule has 2 bridgehead atoms. The Labute approximate surface area is 98.9 Å². The molecule has 17 heavy (non-hydrogen) atoms. The Bertz CT molecular complexity index is 445. The Morgan fingerprint density at radius 3 is 2.65 bits per heavy atom. The highest BCUT2D eigenvalue weighted by Gasteiger charge is 2.49. The van der Waals surface area contributed by atoms with Gasteiger partial charge in [-0.15, -0.1) is 0 Å². The molecule has 0 aromatic heterocycles. The number of anilines is 1. The number of halogens is 1. The molecule has 3 rings (SSSR count). The Morgan fingerprint density at radius 1 is 1.29 bits per heavy atom. The number of hydrogen-bond donors (Lipinski definition) is 1. The minimum absolute atomic E-state index is 0.252. The van der Waals surface area contributed by atoms with Crippen LogP contribution in [0, 0.1) is 11.7 Å². The molecule has 1 heterocycles. The Balaban J connectivity index is 1.95. The topological polar surface area (TPSA) is 40.5 Å². The van der Waals surface area contributed by atoms with E-state index in [0.29, 0.717) is 6.04 Å². The second-order valence-electron chi connectivity index (χ2n) is 4.89. The summed E-state index contributed by atoms with van der Waals surface area (Å²) in [5.41, 5.74) is 0.825. The van der Waals surface area contributed by atoms with Gasteiger partial charge >= 0.3 is 5.97 Å². The standard InChI is InChI=1S/C13H14FNO2/c14-9-2-5-10(6-3-9)15-11-4-1-8(7-11)12(15)13(16)17/h2-3,5-6,8,11-12H,1,4,7H2,(H,16,17). The molecule has 1 aromatic rings. The van der Waals surface area contributed by atoms with Crippen molar-refractivity contribution < 1.29 is 14.3 Å². The number of aliphatic carboxylic acids is 1. The summed E-state index contributed by atoms with van der Waals surface area (Å²) in [4.78, 5) is 13.3. The molecule has 90 valence electrons. The lowest BCUT2D eigenvalue weighted by Gasteiger charge is -2.34. The normalized spacial score (nSPS) is 30.9. The van der Waals surface area contributed by atoms with E-state index in [0.717, 1.165) is 24.9 Å². The van der Waals surface area contributed by atoms with Crippen LogP contribution < -0.4 is 4.90 Å². The van der Waals surface area contributed by atoms with Gasteiger partial charge in [0.05, 0.1) is 0 Å². The number of hydrogen-bond acceptors (Lipinski definition) is 2. The maximum Gasteiger partial charge on any atom is 0.326 e. The summed E-state index contributed by atoms with van der Waals surface area (Å²) in [6.45, 7) is 0. The first-order valence-corrected chi connectivity index (χ1v) is 5.93. The first-order valence-electron chi connectivity index (χ1n) is 5.93. The fraction of sp³-hybridized carbons (Fsp3) is 0.462. The van der Waals surface area contributed by atoms with Crippen molar-refractivity contribution in [2.75, 3.05) is 4.90 Å². The molecule has 0 radical (unpaired) electrons. The van der Waals surface area contributed by atoms with Crippen LogP contribution in [-0.4, -0.2) is 23.2 Å². The summed E-state index contributed by atoms with van der Waals surface area (Å²) >= 11 is 0. The molecule has 1 saturated heterocycles. The van der Waals surface area contributed by atoms with Crippen molar-refractivity contribution in [1.82, 2.24) is 0 Å². The van der Waals surface area contributed by atoms with Crippen LogP contribution in [0.15, 0.2) is 24.3 Å². The van der Waals surface area contributed by atoms with Gasteiger partial charge in [0.15, 0.2) is 0 Å². The molecule has 0 spiro atoms. The van der Waals surface area contributed by atoms with Gasteiger partial charge in [-0.2, -0.15) is 0 Å². The molecular weight excluding hydrogens is 221 g/mol. The zero-order valence-electron chi connectivity index (χ0n) is 9.34. The summed E-state index contributed by atoms with van der Waals surface area (Å²) in [7, 11) is 0. The van der Waals surface area contributed by atoms with Crippen LogP contribution in [0.25, 0.3) is 0 Å². The number of fused-ring (bicyclic) bond motifs is 2. The van der Waals surface area contributed by atoms with Gasteiger partial charge in [-0.3, -0.25) is 0 Å². The number of rotatable bonds is 2. The predicted molar refractivity (Wildman–Crippen MR) is 61.4 cm³/mol. The van der Waals surface area contributed by atoms with Crippen LogP contribution in [0.5, 0.6) is 0 Å². The molecule has 2 fully saturated rings. The molecule has 3 unspecified atom stereocenters. The van der Waals surface area contributed by atoms with Crippen molar-refractivity contribution in [3.05, 3.63) is 30.1 Å². The average Bonchev–Trinajstić information content (AvgIpc) is 2.89. The van der Waals surface area contributed by atoms with E-state index in [4.69, 9.17) is 0 Å². The van der Waals surface area contributed by atoms with Crippen LogP contribution in [-0.2, 0) is 4.79 Å². The third-order valence-electron chi connectivity index (χ3n) is 3.96. The van der Waals surface area contributed by atoms with E-state index in [1.54, 1.807) is 12.1 Å². The molecule has 1 aromatic carbocycles. The first-order chi connectivity index (χ1) is 8.16. The molecule has 0 amide bonds. The van der Waals surface area contributed by atoms with Crippen LogP contribution >= 0.6 is 0 Å². The zero-order valence-corrected chi connectivity index (χ0v) is 9.34. The van der Waals surface area contributed by atoms with E-state index in [2.05, 4.69) is 0 Å². The Morgan fingerprint density at radius 2 is 2.00 bits per heavy atom. The second-order valence-corrected chi connectivity index (χ2v) is 4.89. The number of carboxylic acid groups (broad SMARTS) is 1. The van der Waals surface area contributed by atoms with E-state index in [1.165, 1.54) is 12.1 Å². The summed E-state index contributed by atoms with van der Waals surface area (Å²) in [6, 6.07) is 6.00. The lowest BCUT2D eigenvalue weighted by Crippen LogP contribution is -2.45. The predicted octanol–water partition coefficient (Wildman–Crippen LogP) is 2.27. The molecule has 1 saturated carbocycles. The van der Waals surface area contributed by atoms with Crippen molar-refractivity contribution in [2.24, 2.45) is 5.92 Å². The van der Waals surface area contributed by atoms with Gasteiger partial charge in [0.25, 0.3) is 0 Å². The van der Waals surface area contributed by atoms with E-state index >= 15 is 0 Å². The monoisotopic (exact) mass is 235 g/mol. The SMILES string of the molecule is O=C(O)C1C2CCC(C2)N1c1ccc(F)cc1. The van der Waals surface area contributed by atoms with Crippen LogP contribution in [0.2, 0.25) is 0 Å². The summed E-state index contributed by atoms with van der Waals surface area (Å²) in [6.07, 6.45) is 3.00. The van der Waals surface area contributed by atoms with Crippen molar-refractivity contribution in [1.29, 1.82) is 0 Å². The summed E-state index contributed by atoms with van der Waals surface area (Å²) in [5, 5.41) is 9.31. The number of carboxylic acids is 1. The third-order valence-corrected chi connectivity index (χ3v) is 3.96. The average molecular weight is 235 g/mol. The minimum Gasteiger partial charge on any atom is -0.480 e. The zero-order chi connectivity index (χ0) is 12.0. The van der Waals surface area contributed by atoms with E-state index in [-0.39, 0.29) is 11.7 Å². The van der Waals surface area contributed by atoms with Crippen LogP contribution in [0.1, 0.15) is 19.3 Å². The number of nitrogens with zero attached hydrogens (tertiary/aromatic N) is 1. The van der Waals surface area contributed by atoms with E-state index in [9.17, 15) is 14.3 Å². The first kappa shape index (κ1) is 10.6. The Kier molecular flexibility index (Phi) is 2.31. The largest absolute Gasteiger partial charge is 0.480 e. The molecular formula is C13H14FNO2. The number of piperidine rings is 1. The van der Waals surface area contributed by atoms with Crippen LogP contribution in [0.3, 0.4) is 0 Å². The molecule has 3 atom stereocenters. The molecule has 2 aliphatic rings. The van der Waals surface area contributed by atoms with Crippen molar-refractivity contribution in [3.63, 3.8) is 0 Å². The van der Waals surface area contributed by atoms with Gasteiger partial charge in [-0.1, -0.05) is 0 Å². The highest BCUT2D eigenvalue weighted by Crippen LogP contribution is 2.44. The van der Waals surface area contributed by atoms with E-state index in [1.807, 2.05) is 4.90 Å². The fourth-order valence-corrected chi connectivity index (χ4v) is 3.29. The lowest BCUT2D eigenvalue weighted by molar-refractivity contribution is -0.139. The summed E-state index contributed by atoms with van der Waals surface area (Å²) in [5.74, 6) is -0.797. The maximum atomic E-state index is 12.9. The number of carbonyl (C=O) groups is 1. The highest BCUT2D eigenvalue weighted by molar-refractivity contribution is 5.80. The molecule has 4 heteroatoms. The van der Waals surface area contributed by atoms with Gasteiger partial charge in [0.2, 0.25) is 0 Å². The molecule has 1 aliphatic carbocycles.